The van der Waals surface area contributed by atoms with Crippen molar-refractivity contribution in [2.75, 3.05) is 20.1 Å². The first-order chi connectivity index (χ1) is 14.2. The Balaban J connectivity index is 1.37. The molecule has 2 aliphatic rings. The zero-order chi connectivity index (χ0) is 20.1. The quantitative estimate of drug-likeness (QED) is 0.763. The molecule has 2 fully saturated rings. The molecule has 5 nitrogen and oxygen atoms in total. The standard InChI is InChI=1S/C23H30N4OS/c1-27-16-12-23(13-17-27,18-6-3-2-4-7-18)21(28)26-19-8-10-20(11-9-19)29-22-24-14-5-15-25-22/h2-7,14-15,19-20H,8-13,16-17H2,1H3,(H,26,28). The van der Waals surface area contributed by atoms with Crippen molar-refractivity contribution >= 4 is 17.7 Å². The molecule has 1 aliphatic carbocycles. The highest BCUT2D eigenvalue weighted by molar-refractivity contribution is 7.99. The van der Waals surface area contributed by atoms with Gasteiger partial charge >= 0.3 is 0 Å². The maximum absolute atomic E-state index is 13.5. The second kappa shape index (κ2) is 9.26. The first kappa shape index (κ1) is 20.4. The molecule has 1 aromatic carbocycles. The molecule has 0 spiro atoms. The van der Waals surface area contributed by atoms with Crippen molar-refractivity contribution in [1.29, 1.82) is 0 Å². The number of rotatable bonds is 5. The van der Waals surface area contributed by atoms with Gasteiger partial charge in [-0.1, -0.05) is 42.1 Å². The molecular formula is C23H30N4OS. The molecule has 6 heteroatoms. The lowest BCUT2D eigenvalue weighted by molar-refractivity contribution is -0.129. The summed E-state index contributed by atoms with van der Waals surface area (Å²) in [4.78, 5) is 24.5. The number of aromatic nitrogens is 2. The zero-order valence-corrected chi connectivity index (χ0v) is 17.9. The van der Waals surface area contributed by atoms with Crippen molar-refractivity contribution in [3.05, 3.63) is 54.4 Å². The SMILES string of the molecule is CN1CCC(C(=O)NC2CCC(Sc3ncccn3)CC2)(c2ccccc2)CC1. The Morgan fingerprint density at radius 2 is 1.69 bits per heavy atom. The van der Waals surface area contributed by atoms with E-state index >= 15 is 0 Å². The van der Waals surface area contributed by atoms with Gasteiger partial charge in [-0.2, -0.15) is 0 Å². The van der Waals surface area contributed by atoms with E-state index < -0.39 is 5.41 Å². The summed E-state index contributed by atoms with van der Waals surface area (Å²) in [5, 5.41) is 4.82. The molecule has 0 bridgehead atoms. The summed E-state index contributed by atoms with van der Waals surface area (Å²) < 4.78 is 0. The monoisotopic (exact) mass is 410 g/mol. The van der Waals surface area contributed by atoms with E-state index in [1.165, 1.54) is 0 Å². The highest BCUT2D eigenvalue weighted by Gasteiger charge is 2.43. The third-order valence-corrected chi connectivity index (χ3v) is 7.65. The van der Waals surface area contributed by atoms with Gasteiger partial charge in [-0.25, -0.2) is 9.97 Å². The predicted molar refractivity (Wildman–Crippen MR) is 117 cm³/mol. The fourth-order valence-electron chi connectivity index (χ4n) is 4.55. The summed E-state index contributed by atoms with van der Waals surface area (Å²) in [6, 6.07) is 12.5. The summed E-state index contributed by atoms with van der Waals surface area (Å²) in [6.07, 6.45) is 9.61. The van der Waals surface area contributed by atoms with Gasteiger partial charge in [0.25, 0.3) is 0 Å². The summed E-state index contributed by atoms with van der Waals surface area (Å²) in [7, 11) is 2.14. The van der Waals surface area contributed by atoms with Gasteiger partial charge < -0.3 is 10.2 Å². The average molecular weight is 411 g/mol. The minimum absolute atomic E-state index is 0.222. The number of amides is 1. The van der Waals surface area contributed by atoms with Crippen LogP contribution in [0.15, 0.2) is 53.9 Å². The zero-order valence-electron chi connectivity index (χ0n) is 17.1. The lowest BCUT2D eigenvalue weighted by atomic mass is 9.71. The third-order valence-electron chi connectivity index (χ3n) is 6.43. The van der Waals surface area contributed by atoms with Crippen LogP contribution in [0.3, 0.4) is 0 Å². The molecule has 1 saturated heterocycles. The smallest absolute Gasteiger partial charge is 0.230 e. The molecule has 1 aliphatic heterocycles. The van der Waals surface area contributed by atoms with Gasteiger partial charge in [-0.05, 0) is 70.3 Å². The maximum Gasteiger partial charge on any atom is 0.230 e. The highest BCUT2D eigenvalue weighted by atomic mass is 32.2. The van der Waals surface area contributed by atoms with E-state index in [1.807, 2.05) is 12.1 Å². The van der Waals surface area contributed by atoms with Crippen LogP contribution in [0.5, 0.6) is 0 Å². The van der Waals surface area contributed by atoms with Crippen molar-refractivity contribution < 1.29 is 4.79 Å². The van der Waals surface area contributed by atoms with Gasteiger partial charge in [-0.15, -0.1) is 0 Å². The Kier molecular flexibility index (Phi) is 6.50. The third kappa shape index (κ3) is 4.81. The Bertz CT molecular complexity index is 785. The maximum atomic E-state index is 13.5. The Morgan fingerprint density at radius 1 is 1.03 bits per heavy atom. The molecule has 0 unspecified atom stereocenters. The molecule has 1 amide bonds. The van der Waals surface area contributed by atoms with Crippen LogP contribution < -0.4 is 5.32 Å². The fraction of sp³-hybridized carbons (Fsp3) is 0.522. The Labute approximate surface area is 177 Å². The number of carbonyl (C=O) groups is 1. The van der Waals surface area contributed by atoms with Crippen LogP contribution in [0.1, 0.15) is 44.1 Å². The van der Waals surface area contributed by atoms with Crippen molar-refractivity contribution in [3.63, 3.8) is 0 Å². The number of nitrogens with zero attached hydrogens (tertiary/aromatic N) is 3. The topological polar surface area (TPSA) is 58.1 Å². The number of benzene rings is 1. The molecule has 4 rings (SSSR count). The minimum Gasteiger partial charge on any atom is -0.353 e. The molecule has 29 heavy (non-hydrogen) atoms. The largest absolute Gasteiger partial charge is 0.353 e. The van der Waals surface area contributed by atoms with Crippen LogP contribution in [0.4, 0.5) is 0 Å². The number of likely N-dealkylation sites (tertiary alicyclic amines) is 1. The van der Waals surface area contributed by atoms with Crippen LogP contribution in [0, 0.1) is 0 Å². The molecule has 2 heterocycles. The summed E-state index contributed by atoms with van der Waals surface area (Å²) in [6.45, 7) is 1.92. The average Bonchev–Trinajstić information content (AvgIpc) is 2.77. The summed E-state index contributed by atoms with van der Waals surface area (Å²) >= 11 is 1.77. The molecule has 2 aromatic rings. The van der Waals surface area contributed by atoms with Gasteiger partial charge in [0.05, 0.1) is 5.41 Å². The summed E-state index contributed by atoms with van der Waals surface area (Å²) in [5.41, 5.74) is 0.771. The van der Waals surface area contributed by atoms with Gasteiger partial charge in [0.2, 0.25) is 5.91 Å². The van der Waals surface area contributed by atoms with Gasteiger partial charge in [-0.3, -0.25) is 4.79 Å². The van der Waals surface area contributed by atoms with Crippen LogP contribution in [0.25, 0.3) is 0 Å². The molecule has 0 radical (unpaired) electrons. The second-order valence-corrected chi connectivity index (χ2v) is 9.62. The Morgan fingerprint density at radius 3 is 2.34 bits per heavy atom. The Hall–Kier alpha value is -1.92. The lowest BCUT2D eigenvalue weighted by Gasteiger charge is -2.41. The molecule has 1 N–H and O–H groups in total. The highest BCUT2D eigenvalue weighted by Crippen LogP contribution is 2.37. The van der Waals surface area contributed by atoms with E-state index in [-0.39, 0.29) is 11.9 Å². The normalized spacial score (nSPS) is 24.7. The van der Waals surface area contributed by atoms with Crippen molar-refractivity contribution in [2.45, 2.75) is 60.4 Å². The van der Waals surface area contributed by atoms with Crippen LogP contribution >= 0.6 is 11.8 Å². The number of carbonyl (C=O) groups excluding carboxylic acids is 1. The van der Waals surface area contributed by atoms with E-state index in [2.05, 4.69) is 51.5 Å². The van der Waals surface area contributed by atoms with Crippen LogP contribution in [0.2, 0.25) is 0 Å². The number of thioether (sulfide) groups is 1. The molecule has 1 aromatic heterocycles. The number of hydrogen-bond acceptors (Lipinski definition) is 5. The van der Waals surface area contributed by atoms with Crippen LogP contribution in [-0.2, 0) is 10.2 Å². The first-order valence-corrected chi connectivity index (χ1v) is 11.5. The summed E-state index contributed by atoms with van der Waals surface area (Å²) in [5.74, 6) is 0.222. The molecule has 1 saturated carbocycles. The van der Waals surface area contributed by atoms with Gasteiger partial charge in [0.1, 0.15) is 0 Å². The lowest BCUT2D eigenvalue weighted by Crippen LogP contribution is -2.53. The first-order valence-electron chi connectivity index (χ1n) is 10.6. The van der Waals surface area contributed by atoms with E-state index in [1.54, 1.807) is 24.2 Å². The minimum atomic E-state index is -0.392. The van der Waals surface area contributed by atoms with Crippen molar-refractivity contribution in [2.24, 2.45) is 0 Å². The van der Waals surface area contributed by atoms with E-state index in [4.69, 9.17) is 0 Å². The number of nitrogens with one attached hydrogen (secondary N) is 1. The van der Waals surface area contributed by atoms with Gasteiger partial charge in [0, 0.05) is 23.7 Å². The number of hydrogen-bond donors (Lipinski definition) is 1. The predicted octanol–water partition coefficient (Wildman–Crippen LogP) is 3.66. The fourth-order valence-corrected chi connectivity index (χ4v) is 5.60. The van der Waals surface area contributed by atoms with Crippen molar-refractivity contribution in [1.82, 2.24) is 20.2 Å². The van der Waals surface area contributed by atoms with Crippen molar-refractivity contribution in [3.8, 4) is 0 Å². The van der Waals surface area contributed by atoms with E-state index in [9.17, 15) is 4.79 Å². The second-order valence-electron chi connectivity index (χ2n) is 8.35. The van der Waals surface area contributed by atoms with Gasteiger partial charge in [0.15, 0.2) is 5.16 Å². The molecule has 154 valence electrons. The number of piperidine rings is 1. The molecule has 0 atom stereocenters. The van der Waals surface area contributed by atoms with E-state index in [0.717, 1.165) is 62.3 Å². The van der Waals surface area contributed by atoms with E-state index in [0.29, 0.717) is 5.25 Å². The molecular weight excluding hydrogens is 380 g/mol. The van der Waals surface area contributed by atoms with Crippen LogP contribution in [-0.4, -0.2) is 52.2 Å².